The number of carboxylic acid groups (broad SMARTS) is 2. The van der Waals surface area contributed by atoms with Gasteiger partial charge in [-0.25, -0.2) is 14.8 Å². The molecule has 0 saturated carbocycles. The van der Waals surface area contributed by atoms with Crippen LogP contribution in [-0.2, 0) is 38.1 Å². The Hall–Kier alpha value is -5.30. The number of guanidine groups is 1. The quantitative estimate of drug-likeness (QED) is 0.0278. The number of amides is 2. The number of anilines is 1. The number of ether oxygens (including phenoxy) is 5. The van der Waals surface area contributed by atoms with E-state index in [4.69, 9.17) is 57.0 Å². The summed E-state index contributed by atoms with van der Waals surface area (Å²) in [5.74, 6) is -2.09. The molecule has 8 N–H and O–H groups in total. The largest absolute Gasteiger partial charge is 0.480 e. The highest BCUT2D eigenvalue weighted by molar-refractivity contribution is 6.31. The van der Waals surface area contributed by atoms with E-state index in [1.54, 1.807) is 18.0 Å². The Morgan fingerprint density at radius 1 is 0.746 bits per heavy atom. The molecular formula is C44H66ClN11O11. The maximum atomic E-state index is 12.3. The minimum absolute atomic E-state index is 0.0328. The highest BCUT2D eigenvalue weighted by Gasteiger charge is 2.19. The molecule has 0 spiro atoms. The number of nitrogens with two attached hydrogens (primary N) is 2. The lowest BCUT2D eigenvalue weighted by Crippen LogP contribution is -2.47. The first-order valence-corrected chi connectivity index (χ1v) is 22.7. The van der Waals surface area contributed by atoms with E-state index in [-0.39, 0.29) is 56.3 Å². The van der Waals surface area contributed by atoms with Gasteiger partial charge in [0.05, 0.1) is 90.3 Å². The lowest BCUT2D eigenvalue weighted by molar-refractivity contribution is -0.140. The Balaban J connectivity index is 0.915. The molecule has 0 aliphatic carbocycles. The van der Waals surface area contributed by atoms with Crippen molar-refractivity contribution in [2.24, 2.45) is 16.5 Å². The average molecular weight is 961 g/mol. The number of rotatable bonds is 34. The summed E-state index contributed by atoms with van der Waals surface area (Å²) in [6, 6.07) is 13.4. The standard InChI is InChI=1S/C44H66ClN11O11/c1-53(31-39(58)59)12-13-55(32-40(60)61)30-36(57)3-2-19-63-23-24-64-20-10-48-44(62)49-11-21-65-25-27-67-28-26-66-22-18-54-14-16-56(17-15-54)35-7-4-33(5-8-35)41-37-29-34(45)6-9-38(37)50-43(51-41)52-42(46)47/h4-9,29H,2-3,10-28,30-32H2,1H3,(H,58,59)(H,60,61)(H2,48,49,62)(H4,46,47,50,51,52). The summed E-state index contributed by atoms with van der Waals surface area (Å²) in [6.07, 6.45) is 0.705. The number of hydrogen-bond acceptors (Lipinski definition) is 16. The van der Waals surface area contributed by atoms with Gasteiger partial charge in [-0.15, -0.1) is 0 Å². The van der Waals surface area contributed by atoms with Crippen molar-refractivity contribution in [3.05, 3.63) is 47.5 Å². The summed E-state index contributed by atoms with van der Waals surface area (Å²) in [5.41, 5.74) is 14.6. The van der Waals surface area contributed by atoms with Crippen LogP contribution >= 0.6 is 11.6 Å². The molecule has 1 aromatic heterocycles. The molecule has 0 bridgehead atoms. The molecule has 1 saturated heterocycles. The van der Waals surface area contributed by atoms with Crippen molar-refractivity contribution < 1.29 is 53.1 Å². The van der Waals surface area contributed by atoms with Crippen molar-refractivity contribution in [2.75, 3.05) is 157 Å². The monoisotopic (exact) mass is 959 g/mol. The Labute approximate surface area is 395 Å². The summed E-state index contributed by atoms with van der Waals surface area (Å²) < 4.78 is 27.9. The lowest BCUT2D eigenvalue weighted by Gasteiger charge is -2.36. The third kappa shape index (κ3) is 22.4. The normalized spacial score (nSPS) is 13.0. The third-order valence-electron chi connectivity index (χ3n) is 10.2. The number of carboxylic acids is 2. The second-order valence-corrected chi connectivity index (χ2v) is 16.0. The van der Waals surface area contributed by atoms with Gasteiger partial charge in [0.25, 0.3) is 5.95 Å². The van der Waals surface area contributed by atoms with Crippen molar-refractivity contribution in [3.8, 4) is 11.3 Å². The van der Waals surface area contributed by atoms with Gasteiger partial charge in [0.1, 0.15) is 5.78 Å². The van der Waals surface area contributed by atoms with Gasteiger partial charge in [-0.05, 0) is 43.8 Å². The van der Waals surface area contributed by atoms with E-state index in [1.807, 2.05) is 24.3 Å². The highest BCUT2D eigenvalue weighted by Crippen LogP contribution is 2.31. The minimum Gasteiger partial charge on any atom is -0.480 e. The minimum atomic E-state index is -1.06. The van der Waals surface area contributed by atoms with Crippen LogP contribution < -0.4 is 27.0 Å². The number of carbonyl (C=O) groups is 4. The summed E-state index contributed by atoms with van der Waals surface area (Å²) in [5, 5.41) is 24.8. The van der Waals surface area contributed by atoms with Crippen molar-refractivity contribution >= 4 is 63.9 Å². The first-order chi connectivity index (χ1) is 32.4. The Morgan fingerprint density at radius 3 is 1.96 bits per heavy atom. The smallest absolute Gasteiger partial charge is 0.317 e. The van der Waals surface area contributed by atoms with Crippen LogP contribution in [0.1, 0.15) is 12.8 Å². The van der Waals surface area contributed by atoms with Gasteiger partial charge >= 0.3 is 18.0 Å². The molecule has 4 rings (SSSR count). The number of hydrogen-bond donors (Lipinski definition) is 6. The molecule has 0 unspecified atom stereocenters. The van der Waals surface area contributed by atoms with Crippen molar-refractivity contribution in [2.45, 2.75) is 12.8 Å². The number of benzene rings is 2. The molecule has 2 amide bonds. The molecular weight excluding hydrogens is 894 g/mol. The number of fused-ring (bicyclic) bond motifs is 1. The van der Waals surface area contributed by atoms with E-state index in [2.05, 4.69) is 47.5 Å². The van der Waals surface area contributed by atoms with Crippen LogP contribution in [-0.4, -0.2) is 216 Å². The SMILES string of the molecule is CN(CCN(CC(=O)O)CC(=O)CCCOCCOCCNC(=O)NCCOCCOCCOCCN1CCN(c2ccc(-c3nc(N=C(N)N)nc4ccc(Cl)cc34)cc2)CC1)CC(=O)O. The number of aliphatic imine (C=N–C) groups is 1. The fourth-order valence-corrected chi connectivity index (χ4v) is 7.03. The van der Waals surface area contributed by atoms with Crippen LogP contribution in [0, 0.1) is 0 Å². The summed E-state index contributed by atoms with van der Waals surface area (Å²) >= 11 is 6.30. The topological polar surface area (TPSA) is 282 Å². The van der Waals surface area contributed by atoms with Gasteiger partial charge in [0.15, 0.2) is 5.96 Å². The number of ketones is 1. The van der Waals surface area contributed by atoms with Gasteiger partial charge in [0, 0.05) is 93.6 Å². The molecule has 370 valence electrons. The number of aromatic nitrogens is 2. The molecule has 2 heterocycles. The Morgan fingerprint density at radius 2 is 1.34 bits per heavy atom. The van der Waals surface area contributed by atoms with E-state index < -0.39 is 11.9 Å². The summed E-state index contributed by atoms with van der Waals surface area (Å²) in [4.78, 5) is 67.2. The maximum Gasteiger partial charge on any atom is 0.317 e. The van der Waals surface area contributed by atoms with Gasteiger partial charge < -0.3 is 60.9 Å². The fraction of sp³-hybridized carbons (Fsp3) is 0.568. The van der Waals surface area contributed by atoms with E-state index in [9.17, 15) is 19.2 Å². The number of urea groups is 1. The predicted molar refractivity (Wildman–Crippen MR) is 253 cm³/mol. The van der Waals surface area contributed by atoms with E-state index in [0.717, 1.165) is 49.4 Å². The van der Waals surface area contributed by atoms with Gasteiger partial charge in [-0.3, -0.25) is 29.1 Å². The molecule has 1 aliphatic heterocycles. The van der Waals surface area contributed by atoms with Crippen molar-refractivity contribution in [3.63, 3.8) is 0 Å². The zero-order chi connectivity index (χ0) is 48.2. The number of aliphatic carboxylic acids is 2. The highest BCUT2D eigenvalue weighted by atomic mass is 35.5. The van der Waals surface area contributed by atoms with Crippen LogP contribution in [0.3, 0.4) is 0 Å². The van der Waals surface area contributed by atoms with Crippen molar-refractivity contribution in [1.29, 1.82) is 0 Å². The molecule has 0 atom stereocenters. The van der Waals surface area contributed by atoms with Gasteiger partial charge in [0.2, 0.25) is 0 Å². The molecule has 1 aliphatic rings. The molecule has 3 aromatic rings. The first kappa shape index (κ1) is 54.3. The lowest BCUT2D eigenvalue weighted by atomic mass is 10.1. The zero-order valence-corrected chi connectivity index (χ0v) is 39.0. The number of nitrogens with one attached hydrogen (secondary N) is 2. The van der Waals surface area contributed by atoms with Crippen LogP contribution in [0.2, 0.25) is 5.02 Å². The molecule has 22 nitrogen and oxygen atoms in total. The van der Waals surface area contributed by atoms with Crippen LogP contribution in [0.5, 0.6) is 0 Å². The number of halogens is 1. The average Bonchev–Trinajstić information content (AvgIpc) is 3.28. The molecule has 1 fully saturated rings. The number of nitrogens with zero attached hydrogens (tertiary/aromatic N) is 7. The predicted octanol–water partition coefficient (Wildman–Crippen LogP) is 1.11. The van der Waals surface area contributed by atoms with E-state index in [0.29, 0.717) is 108 Å². The first-order valence-electron chi connectivity index (χ1n) is 22.3. The van der Waals surface area contributed by atoms with Crippen molar-refractivity contribution in [1.82, 2.24) is 35.3 Å². The molecule has 67 heavy (non-hydrogen) atoms. The number of piperazine rings is 1. The molecule has 23 heteroatoms. The Bertz CT molecular complexity index is 2010. The van der Waals surface area contributed by atoms with E-state index in [1.165, 1.54) is 4.90 Å². The number of carbonyl (C=O) groups excluding carboxylic acids is 2. The van der Waals surface area contributed by atoms with Gasteiger partial charge in [-0.1, -0.05) is 23.7 Å². The molecule has 0 radical (unpaired) electrons. The third-order valence-corrected chi connectivity index (χ3v) is 10.4. The number of likely N-dealkylation sites (N-methyl/N-ethyl adjacent to an activating group) is 1. The summed E-state index contributed by atoms with van der Waals surface area (Å²) in [6.45, 7) is 9.24. The van der Waals surface area contributed by atoms with Crippen LogP contribution in [0.4, 0.5) is 16.4 Å². The number of Topliss-reactive ketones (excluding diaryl/α,β-unsaturated/α-hetero) is 1. The summed E-state index contributed by atoms with van der Waals surface area (Å²) in [7, 11) is 1.62. The Kier molecular flexibility index (Phi) is 25.0. The molecule has 2 aromatic carbocycles. The van der Waals surface area contributed by atoms with Crippen LogP contribution in [0.25, 0.3) is 22.2 Å². The fourth-order valence-electron chi connectivity index (χ4n) is 6.85. The zero-order valence-electron chi connectivity index (χ0n) is 38.2. The second-order valence-electron chi connectivity index (χ2n) is 15.6. The maximum absolute atomic E-state index is 12.3. The van der Waals surface area contributed by atoms with Gasteiger partial charge in [-0.2, -0.15) is 4.99 Å². The second kappa shape index (κ2) is 30.9. The van der Waals surface area contributed by atoms with E-state index >= 15 is 0 Å². The van der Waals surface area contributed by atoms with Crippen LogP contribution in [0.15, 0.2) is 47.5 Å².